The molecular formula is C32H36F2N4O4. The van der Waals surface area contributed by atoms with Gasteiger partial charge in [-0.05, 0) is 80.5 Å². The molecule has 3 aliphatic rings. The summed E-state index contributed by atoms with van der Waals surface area (Å²) in [5.41, 5.74) is 2.83. The van der Waals surface area contributed by atoms with Crippen molar-refractivity contribution < 1.29 is 28.2 Å². The summed E-state index contributed by atoms with van der Waals surface area (Å²) in [6.07, 6.45) is 8.35. The summed E-state index contributed by atoms with van der Waals surface area (Å²) in [7, 11) is 0. The molecule has 2 aromatic heterocycles. The molecule has 222 valence electrons. The number of rotatable bonds is 8. The topological polar surface area (TPSA) is 88.0 Å². The lowest BCUT2D eigenvalue weighted by Crippen LogP contribution is -2.55. The van der Waals surface area contributed by atoms with E-state index in [9.17, 15) is 14.3 Å². The first-order chi connectivity index (χ1) is 20.4. The minimum Gasteiger partial charge on any atom is -0.485 e. The number of carboxylic acids is 1. The van der Waals surface area contributed by atoms with Gasteiger partial charge in [0.1, 0.15) is 18.2 Å². The molecular weight excluding hydrogens is 542 g/mol. The predicted molar refractivity (Wildman–Crippen MR) is 153 cm³/mol. The number of anilines is 1. The van der Waals surface area contributed by atoms with Gasteiger partial charge in [0.25, 0.3) is 0 Å². The van der Waals surface area contributed by atoms with E-state index < -0.39 is 17.6 Å². The van der Waals surface area contributed by atoms with E-state index in [1.165, 1.54) is 6.07 Å². The van der Waals surface area contributed by atoms with Crippen LogP contribution in [0.15, 0.2) is 48.9 Å². The number of aliphatic carboxylic acids is 1. The Hall–Kier alpha value is -3.63. The lowest BCUT2D eigenvalue weighted by atomic mass is 9.85. The molecule has 0 spiro atoms. The first kappa shape index (κ1) is 28.5. The van der Waals surface area contributed by atoms with Gasteiger partial charge in [-0.1, -0.05) is 0 Å². The molecule has 0 amide bonds. The molecule has 1 N–H and O–H groups in total. The van der Waals surface area contributed by atoms with Crippen LogP contribution in [0.4, 0.5) is 14.6 Å². The fraction of sp³-hybridized carbons (Fsp3) is 0.469. The van der Waals surface area contributed by atoms with E-state index in [-0.39, 0.29) is 18.3 Å². The zero-order valence-corrected chi connectivity index (χ0v) is 23.7. The highest BCUT2D eigenvalue weighted by atomic mass is 19.1. The minimum atomic E-state index is -0.784. The van der Waals surface area contributed by atoms with E-state index in [2.05, 4.69) is 27.9 Å². The lowest BCUT2D eigenvalue weighted by molar-refractivity contribution is -0.142. The van der Waals surface area contributed by atoms with Gasteiger partial charge >= 0.3 is 5.97 Å². The number of piperidine rings is 2. The summed E-state index contributed by atoms with van der Waals surface area (Å²) in [6.45, 7) is 6.11. The SMILES string of the molecule is CC1CC(c2cncc(COc3c(F)cc(F)cc3-c3ccnc(N4CCC(C(=O)O)CC4)c3)c2)CCN1C1COC1. The van der Waals surface area contributed by atoms with Crippen molar-refractivity contribution in [3.05, 3.63) is 71.7 Å². The van der Waals surface area contributed by atoms with Gasteiger partial charge in [0.15, 0.2) is 11.6 Å². The van der Waals surface area contributed by atoms with E-state index >= 15 is 4.39 Å². The number of benzene rings is 1. The zero-order valence-electron chi connectivity index (χ0n) is 23.7. The second-order valence-corrected chi connectivity index (χ2v) is 11.7. The Balaban J connectivity index is 1.17. The third-order valence-corrected chi connectivity index (χ3v) is 8.92. The van der Waals surface area contributed by atoms with Gasteiger partial charge in [0.05, 0.1) is 25.2 Å². The van der Waals surface area contributed by atoms with Gasteiger partial charge in [-0.25, -0.2) is 13.8 Å². The largest absolute Gasteiger partial charge is 0.485 e. The van der Waals surface area contributed by atoms with Gasteiger partial charge < -0.3 is 19.5 Å². The number of nitrogens with zero attached hydrogens (tertiary/aromatic N) is 4. The monoisotopic (exact) mass is 578 g/mol. The standard InChI is InChI=1S/C32H36F2N4O4/c1-20-10-23(5-9-38(20)27-18-41-19-27)25-11-21(15-35-16-25)17-42-31-28(13-26(33)14-29(31)34)24-2-6-36-30(12-24)37-7-3-22(4-8-37)32(39)40/h2,6,11-16,20,22-23,27H,3-5,7-10,17-19H2,1H3,(H,39,40). The van der Waals surface area contributed by atoms with Crippen molar-refractivity contribution in [2.45, 2.75) is 57.2 Å². The molecule has 0 bridgehead atoms. The van der Waals surface area contributed by atoms with Crippen molar-refractivity contribution in [3.63, 3.8) is 0 Å². The molecule has 3 aliphatic heterocycles. The van der Waals surface area contributed by atoms with E-state index in [4.69, 9.17) is 9.47 Å². The molecule has 3 saturated heterocycles. The summed E-state index contributed by atoms with van der Waals surface area (Å²) in [5.74, 6) is -1.65. The van der Waals surface area contributed by atoms with Gasteiger partial charge in [-0.3, -0.25) is 14.7 Å². The Kier molecular flexibility index (Phi) is 8.35. The summed E-state index contributed by atoms with van der Waals surface area (Å²) in [5, 5.41) is 9.30. The van der Waals surface area contributed by atoms with Crippen molar-refractivity contribution in [2.75, 3.05) is 37.7 Å². The fourth-order valence-electron chi connectivity index (χ4n) is 6.45. The molecule has 6 rings (SSSR count). The van der Waals surface area contributed by atoms with Crippen molar-refractivity contribution in [2.24, 2.45) is 5.92 Å². The van der Waals surface area contributed by atoms with Gasteiger partial charge in [0.2, 0.25) is 0 Å². The van der Waals surface area contributed by atoms with E-state index in [0.717, 1.165) is 49.8 Å². The highest BCUT2D eigenvalue weighted by Crippen LogP contribution is 2.37. The van der Waals surface area contributed by atoms with Gasteiger partial charge in [-0.2, -0.15) is 0 Å². The van der Waals surface area contributed by atoms with Crippen LogP contribution in [0.25, 0.3) is 11.1 Å². The number of carbonyl (C=O) groups is 1. The van der Waals surface area contributed by atoms with Crippen molar-refractivity contribution in [1.29, 1.82) is 0 Å². The number of halogens is 2. The molecule has 0 saturated carbocycles. The van der Waals surface area contributed by atoms with Crippen LogP contribution in [0.1, 0.15) is 49.7 Å². The third kappa shape index (κ3) is 6.10. The Morgan fingerprint density at radius 3 is 2.62 bits per heavy atom. The van der Waals surface area contributed by atoms with Crippen LogP contribution in [-0.2, 0) is 16.1 Å². The van der Waals surface area contributed by atoms with Crippen LogP contribution in [-0.4, -0.2) is 70.9 Å². The van der Waals surface area contributed by atoms with Crippen molar-refractivity contribution >= 4 is 11.8 Å². The first-order valence-corrected chi connectivity index (χ1v) is 14.7. The number of hydrogen-bond acceptors (Lipinski definition) is 7. The number of carboxylic acid groups (broad SMARTS) is 1. The minimum absolute atomic E-state index is 0.0341. The molecule has 42 heavy (non-hydrogen) atoms. The average molecular weight is 579 g/mol. The summed E-state index contributed by atoms with van der Waals surface area (Å²) >= 11 is 0. The highest BCUT2D eigenvalue weighted by Gasteiger charge is 2.34. The molecule has 2 unspecified atom stereocenters. The average Bonchev–Trinajstić information content (AvgIpc) is 2.97. The molecule has 3 fully saturated rings. The molecule has 10 heteroatoms. The molecule has 2 atom stereocenters. The highest BCUT2D eigenvalue weighted by molar-refractivity contribution is 5.73. The second kappa shape index (κ2) is 12.3. The number of hydrogen-bond donors (Lipinski definition) is 1. The molecule has 5 heterocycles. The molecule has 1 aromatic carbocycles. The van der Waals surface area contributed by atoms with E-state index in [1.54, 1.807) is 24.5 Å². The van der Waals surface area contributed by atoms with Crippen LogP contribution >= 0.6 is 0 Å². The normalized spacial score (nSPS) is 22.1. The summed E-state index contributed by atoms with van der Waals surface area (Å²) in [6, 6.07) is 8.63. The van der Waals surface area contributed by atoms with E-state index in [0.29, 0.717) is 60.9 Å². The second-order valence-electron chi connectivity index (χ2n) is 11.7. The molecule has 0 aliphatic carbocycles. The van der Waals surface area contributed by atoms with Gasteiger partial charge in [-0.15, -0.1) is 0 Å². The van der Waals surface area contributed by atoms with Crippen LogP contribution in [0.2, 0.25) is 0 Å². The van der Waals surface area contributed by atoms with Crippen LogP contribution in [0.3, 0.4) is 0 Å². The molecule has 8 nitrogen and oxygen atoms in total. The number of likely N-dealkylation sites (tertiary alicyclic amines) is 1. The van der Waals surface area contributed by atoms with Gasteiger partial charge in [0, 0.05) is 54.9 Å². The van der Waals surface area contributed by atoms with Crippen LogP contribution in [0.5, 0.6) is 5.75 Å². The lowest BCUT2D eigenvalue weighted by Gasteiger charge is -2.45. The number of pyridine rings is 2. The van der Waals surface area contributed by atoms with Crippen molar-refractivity contribution in [3.8, 4) is 16.9 Å². The maximum absolute atomic E-state index is 15.1. The summed E-state index contributed by atoms with van der Waals surface area (Å²) in [4.78, 5) is 24.8. The number of ether oxygens (including phenoxy) is 2. The predicted octanol–water partition coefficient (Wildman–Crippen LogP) is 5.27. The maximum Gasteiger partial charge on any atom is 0.306 e. The quantitative estimate of drug-likeness (QED) is 0.387. The fourth-order valence-corrected chi connectivity index (χ4v) is 6.45. The zero-order chi connectivity index (χ0) is 29.2. The van der Waals surface area contributed by atoms with E-state index in [1.807, 2.05) is 11.1 Å². The van der Waals surface area contributed by atoms with Crippen molar-refractivity contribution in [1.82, 2.24) is 14.9 Å². The Morgan fingerprint density at radius 2 is 1.90 bits per heavy atom. The summed E-state index contributed by atoms with van der Waals surface area (Å²) < 4.78 is 41.0. The Bertz CT molecular complexity index is 1430. The van der Waals surface area contributed by atoms with Crippen LogP contribution in [0, 0.1) is 17.6 Å². The third-order valence-electron chi connectivity index (χ3n) is 8.92. The number of aromatic nitrogens is 2. The smallest absolute Gasteiger partial charge is 0.306 e. The molecule has 3 aromatic rings. The Labute approximate surface area is 244 Å². The molecule has 0 radical (unpaired) electrons. The maximum atomic E-state index is 15.1. The van der Waals surface area contributed by atoms with Crippen LogP contribution < -0.4 is 9.64 Å². The first-order valence-electron chi connectivity index (χ1n) is 14.7. The Morgan fingerprint density at radius 1 is 1.10 bits per heavy atom.